The lowest BCUT2D eigenvalue weighted by Crippen LogP contribution is -2.17. The van der Waals surface area contributed by atoms with E-state index in [0.29, 0.717) is 27.6 Å². The summed E-state index contributed by atoms with van der Waals surface area (Å²) in [6.07, 6.45) is 1.60. The van der Waals surface area contributed by atoms with Crippen LogP contribution in [0.2, 0.25) is 5.02 Å². The van der Waals surface area contributed by atoms with Crippen molar-refractivity contribution in [2.45, 2.75) is 34.2 Å². The molecule has 2 rings (SSSR count). The Kier molecular flexibility index (Phi) is 7.20. The number of aromatic nitrogens is 2. The summed E-state index contributed by atoms with van der Waals surface area (Å²) in [5, 5.41) is 1.46. The number of ether oxygens (including phenoxy) is 2. The molecule has 1 aromatic heterocycles. The van der Waals surface area contributed by atoms with E-state index < -0.39 is 0 Å². The van der Waals surface area contributed by atoms with E-state index in [2.05, 4.69) is 9.97 Å². The molecule has 24 heavy (non-hydrogen) atoms. The highest BCUT2D eigenvalue weighted by molar-refractivity contribution is 8.00. The number of carbonyl (C=O) groups is 1. The van der Waals surface area contributed by atoms with Crippen LogP contribution < -0.4 is 4.74 Å². The summed E-state index contributed by atoms with van der Waals surface area (Å²) in [4.78, 5) is 21.4. The summed E-state index contributed by atoms with van der Waals surface area (Å²) in [5.74, 6) is 0.289. The maximum atomic E-state index is 11.7. The molecule has 0 aliphatic rings. The highest BCUT2D eigenvalue weighted by Gasteiger charge is 2.18. The fourth-order valence-corrected chi connectivity index (χ4v) is 3.48. The van der Waals surface area contributed by atoms with Gasteiger partial charge in [-0.25, -0.2) is 9.97 Å². The summed E-state index contributed by atoms with van der Waals surface area (Å²) in [6, 6.07) is 7.44. The van der Waals surface area contributed by atoms with E-state index in [1.54, 1.807) is 27.2 Å². The Morgan fingerprint density at radius 2 is 2.04 bits per heavy atom. The largest absolute Gasteiger partial charge is 0.492 e. The third-order valence-electron chi connectivity index (χ3n) is 2.85. The Bertz CT molecular complexity index is 698. The molecule has 0 unspecified atom stereocenters. The highest BCUT2D eigenvalue weighted by Crippen LogP contribution is 2.35. The molecule has 0 bridgehead atoms. The van der Waals surface area contributed by atoms with Crippen molar-refractivity contribution in [1.29, 1.82) is 0 Å². The molecule has 0 aliphatic carbocycles. The van der Waals surface area contributed by atoms with Crippen LogP contribution in [-0.2, 0) is 9.53 Å². The number of nitrogens with zero attached hydrogens (tertiary/aromatic N) is 2. The smallest absolute Gasteiger partial charge is 0.319 e. The number of esters is 1. The van der Waals surface area contributed by atoms with Gasteiger partial charge in [0.1, 0.15) is 10.3 Å². The van der Waals surface area contributed by atoms with Gasteiger partial charge in [0, 0.05) is 9.92 Å². The Morgan fingerprint density at radius 1 is 1.33 bits per heavy atom. The van der Waals surface area contributed by atoms with Gasteiger partial charge in [-0.3, -0.25) is 4.79 Å². The summed E-state index contributed by atoms with van der Waals surface area (Å²) in [6.45, 7) is 3.90. The Morgan fingerprint density at radius 3 is 2.67 bits per heavy atom. The lowest BCUT2D eigenvalue weighted by atomic mass is 10.4. The zero-order valence-corrected chi connectivity index (χ0v) is 15.9. The zero-order valence-electron chi connectivity index (χ0n) is 13.5. The van der Waals surface area contributed by atoms with Crippen molar-refractivity contribution in [3.63, 3.8) is 0 Å². The van der Waals surface area contributed by atoms with Gasteiger partial charge in [-0.15, -0.1) is 0 Å². The van der Waals surface area contributed by atoms with E-state index in [4.69, 9.17) is 21.1 Å². The molecular formula is C16H17ClN2O3S2. The van der Waals surface area contributed by atoms with Crippen molar-refractivity contribution in [3.8, 4) is 5.75 Å². The fourth-order valence-electron chi connectivity index (χ4n) is 1.69. The number of benzene rings is 1. The second-order valence-electron chi connectivity index (χ2n) is 4.59. The van der Waals surface area contributed by atoms with Gasteiger partial charge in [0.05, 0.1) is 19.9 Å². The Balaban J connectivity index is 2.17. The molecule has 128 valence electrons. The topological polar surface area (TPSA) is 61.3 Å². The Labute approximate surface area is 154 Å². The van der Waals surface area contributed by atoms with Crippen LogP contribution in [0.3, 0.4) is 0 Å². The lowest BCUT2D eigenvalue weighted by molar-refractivity contribution is -0.142. The molecular weight excluding hydrogens is 368 g/mol. The molecule has 2 aromatic rings. The molecule has 5 nitrogen and oxygen atoms in total. The predicted octanol–water partition coefficient (Wildman–Crippen LogP) is 4.33. The first-order valence-corrected chi connectivity index (χ1v) is 9.28. The quantitative estimate of drug-likeness (QED) is 0.304. The minimum Gasteiger partial charge on any atom is -0.492 e. The average molecular weight is 385 g/mol. The molecule has 0 saturated carbocycles. The number of rotatable bonds is 7. The van der Waals surface area contributed by atoms with Crippen LogP contribution in [0.1, 0.15) is 13.8 Å². The van der Waals surface area contributed by atoms with Gasteiger partial charge in [0.15, 0.2) is 10.9 Å². The molecule has 0 radical (unpaired) electrons. The molecule has 0 spiro atoms. The van der Waals surface area contributed by atoms with Crippen LogP contribution in [0.5, 0.6) is 5.75 Å². The summed E-state index contributed by atoms with van der Waals surface area (Å²) >= 11 is 8.60. The molecule has 0 aliphatic heterocycles. The van der Waals surface area contributed by atoms with E-state index in [1.807, 2.05) is 24.3 Å². The van der Waals surface area contributed by atoms with Crippen molar-refractivity contribution < 1.29 is 14.3 Å². The minimum atomic E-state index is -0.383. The van der Waals surface area contributed by atoms with Crippen LogP contribution in [-0.4, -0.2) is 34.9 Å². The second kappa shape index (κ2) is 9.15. The third kappa shape index (κ3) is 5.29. The first-order valence-electron chi connectivity index (χ1n) is 7.21. The standard InChI is InChI=1S/C16H17ClN2O3S2/c1-4-22-15(20)10(2)23-16-18-9-13(21-3)14(19-16)24-12-7-5-11(17)6-8-12/h5-10H,4H2,1-3H3/t10-/m0/s1. The first kappa shape index (κ1) is 18.9. The summed E-state index contributed by atoms with van der Waals surface area (Å²) in [5.41, 5.74) is 0. The monoisotopic (exact) mass is 384 g/mol. The summed E-state index contributed by atoms with van der Waals surface area (Å²) < 4.78 is 10.3. The minimum absolute atomic E-state index is 0.283. The van der Waals surface area contributed by atoms with Gasteiger partial charge in [0.2, 0.25) is 0 Å². The third-order valence-corrected chi connectivity index (χ3v) is 5.05. The van der Waals surface area contributed by atoms with Crippen LogP contribution in [0.4, 0.5) is 0 Å². The van der Waals surface area contributed by atoms with Gasteiger partial charge in [-0.2, -0.15) is 0 Å². The van der Waals surface area contributed by atoms with Crippen molar-refractivity contribution in [1.82, 2.24) is 9.97 Å². The average Bonchev–Trinajstić information content (AvgIpc) is 2.57. The molecule has 0 amide bonds. The van der Waals surface area contributed by atoms with Gasteiger partial charge in [-0.1, -0.05) is 35.1 Å². The van der Waals surface area contributed by atoms with E-state index in [0.717, 1.165) is 4.90 Å². The Hall–Kier alpha value is -1.44. The van der Waals surface area contributed by atoms with E-state index in [1.165, 1.54) is 23.5 Å². The fraction of sp³-hybridized carbons (Fsp3) is 0.312. The van der Waals surface area contributed by atoms with Gasteiger partial charge in [-0.05, 0) is 38.1 Å². The van der Waals surface area contributed by atoms with E-state index >= 15 is 0 Å². The number of methoxy groups -OCH3 is 1. The molecule has 0 fully saturated rings. The number of halogens is 1. The lowest BCUT2D eigenvalue weighted by Gasteiger charge is -2.11. The summed E-state index contributed by atoms with van der Waals surface area (Å²) in [7, 11) is 1.57. The maximum Gasteiger partial charge on any atom is 0.319 e. The first-order chi connectivity index (χ1) is 11.5. The molecule has 0 N–H and O–H groups in total. The van der Waals surface area contributed by atoms with E-state index in [-0.39, 0.29) is 11.2 Å². The molecule has 0 saturated heterocycles. The maximum absolute atomic E-state index is 11.7. The van der Waals surface area contributed by atoms with Crippen molar-refractivity contribution >= 4 is 41.1 Å². The molecule has 8 heteroatoms. The normalized spacial score (nSPS) is 11.8. The SMILES string of the molecule is CCOC(=O)[C@H](C)Sc1ncc(OC)c(Sc2ccc(Cl)cc2)n1. The predicted molar refractivity (Wildman–Crippen MR) is 96.1 cm³/mol. The molecule has 1 heterocycles. The van der Waals surface area contributed by atoms with Gasteiger partial charge >= 0.3 is 5.97 Å². The van der Waals surface area contributed by atoms with Gasteiger partial charge < -0.3 is 9.47 Å². The second-order valence-corrected chi connectivity index (χ2v) is 7.40. The van der Waals surface area contributed by atoms with E-state index in [9.17, 15) is 4.79 Å². The number of carbonyl (C=O) groups excluding carboxylic acids is 1. The van der Waals surface area contributed by atoms with Crippen LogP contribution in [0.25, 0.3) is 0 Å². The van der Waals surface area contributed by atoms with Gasteiger partial charge in [0.25, 0.3) is 0 Å². The number of thioether (sulfide) groups is 1. The molecule has 1 aromatic carbocycles. The van der Waals surface area contributed by atoms with Crippen LogP contribution in [0.15, 0.2) is 45.5 Å². The van der Waals surface area contributed by atoms with Crippen molar-refractivity contribution in [2.75, 3.05) is 13.7 Å². The number of hydrogen-bond donors (Lipinski definition) is 0. The van der Waals surface area contributed by atoms with Crippen molar-refractivity contribution in [3.05, 3.63) is 35.5 Å². The highest BCUT2D eigenvalue weighted by atomic mass is 35.5. The van der Waals surface area contributed by atoms with Crippen LogP contribution in [0, 0.1) is 0 Å². The zero-order chi connectivity index (χ0) is 17.5. The number of hydrogen-bond acceptors (Lipinski definition) is 7. The van der Waals surface area contributed by atoms with Crippen molar-refractivity contribution in [2.24, 2.45) is 0 Å². The molecule has 1 atom stereocenters. The van der Waals surface area contributed by atoms with Crippen LogP contribution >= 0.6 is 35.1 Å².